The lowest BCUT2D eigenvalue weighted by atomic mass is 10.0. The summed E-state index contributed by atoms with van der Waals surface area (Å²) in [6.07, 6.45) is 1.65. The number of rotatable bonds is 6. The van der Waals surface area contributed by atoms with E-state index in [-0.39, 0.29) is 5.97 Å². The van der Waals surface area contributed by atoms with Crippen molar-refractivity contribution < 1.29 is 9.53 Å². The van der Waals surface area contributed by atoms with Crippen molar-refractivity contribution in [2.24, 2.45) is 0 Å². The summed E-state index contributed by atoms with van der Waals surface area (Å²) in [6.45, 7) is 5.60. The SMILES string of the molecule is C=C(C)C(=O)OCCCc1ccc(-c2ccc(C#N)cc2)cc1. The molecular formula is C20H19NO2. The Kier molecular flexibility index (Phi) is 5.71. The van der Waals surface area contributed by atoms with Gasteiger partial charge in [0, 0.05) is 5.57 Å². The smallest absolute Gasteiger partial charge is 0.333 e. The molecule has 2 aromatic rings. The Labute approximate surface area is 136 Å². The molecule has 3 nitrogen and oxygen atoms in total. The first kappa shape index (κ1) is 16.5. The quantitative estimate of drug-likeness (QED) is 0.455. The van der Waals surface area contributed by atoms with E-state index in [0.717, 1.165) is 24.0 Å². The van der Waals surface area contributed by atoms with Crippen molar-refractivity contribution in [3.63, 3.8) is 0 Å². The molecule has 0 fully saturated rings. The lowest BCUT2D eigenvalue weighted by molar-refractivity contribution is -0.139. The Morgan fingerprint density at radius 1 is 1.09 bits per heavy atom. The highest BCUT2D eigenvalue weighted by Crippen LogP contribution is 2.20. The summed E-state index contributed by atoms with van der Waals surface area (Å²) < 4.78 is 5.08. The van der Waals surface area contributed by atoms with Gasteiger partial charge in [0.05, 0.1) is 18.2 Å². The van der Waals surface area contributed by atoms with Crippen LogP contribution in [0.15, 0.2) is 60.7 Å². The van der Waals surface area contributed by atoms with Crippen molar-refractivity contribution in [3.05, 3.63) is 71.8 Å². The van der Waals surface area contributed by atoms with E-state index in [1.165, 1.54) is 5.56 Å². The van der Waals surface area contributed by atoms with E-state index in [2.05, 4.69) is 36.9 Å². The summed E-state index contributed by atoms with van der Waals surface area (Å²) in [5.41, 5.74) is 4.50. The minimum atomic E-state index is -0.332. The predicted molar refractivity (Wildman–Crippen MR) is 90.7 cm³/mol. The molecule has 0 aliphatic rings. The number of ether oxygens (including phenoxy) is 1. The second-order valence-electron chi connectivity index (χ2n) is 5.41. The van der Waals surface area contributed by atoms with E-state index in [4.69, 9.17) is 10.00 Å². The molecule has 0 heterocycles. The summed E-state index contributed by atoms with van der Waals surface area (Å²) >= 11 is 0. The summed E-state index contributed by atoms with van der Waals surface area (Å²) in [5, 5.41) is 8.82. The largest absolute Gasteiger partial charge is 0.462 e. The van der Waals surface area contributed by atoms with Gasteiger partial charge in [0.25, 0.3) is 0 Å². The number of benzene rings is 2. The maximum Gasteiger partial charge on any atom is 0.333 e. The zero-order valence-electron chi connectivity index (χ0n) is 13.2. The van der Waals surface area contributed by atoms with Crippen LogP contribution in [0.5, 0.6) is 0 Å². The molecule has 2 aromatic carbocycles. The zero-order valence-corrected chi connectivity index (χ0v) is 13.2. The third kappa shape index (κ3) is 4.82. The molecule has 0 radical (unpaired) electrons. The topological polar surface area (TPSA) is 50.1 Å². The summed E-state index contributed by atoms with van der Waals surface area (Å²) in [6, 6.07) is 17.9. The fourth-order valence-electron chi connectivity index (χ4n) is 2.17. The molecule has 0 saturated heterocycles. The molecule has 0 aromatic heterocycles. The minimum absolute atomic E-state index is 0.332. The number of aryl methyl sites for hydroxylation is 1. The van der Waals surface area contributed by atoms with Crippen LogP contribution in [0.2, 0.25) is 0 Å². The second-order valence-corrected chi connectivity index (χ2v) is 5.41. The number of carbonyl (C=O) groups is 1. The maximum atomic E-state index is 11.3. The van der Waals surface area contributed by atoms with Crippen molar-refractivity contribution in [1.29, 1.82) is 5.26 Å². The van der Waals surface area contributed by atoms with Crippen molar-refractivity contribution in [2.45, 2.75) is 19.8 Å². The summed E-state index contributed by atoms with van der Waals surface area (Å²) in [4.78, 5) is 11.3. The predicted octanol–water partition coefficient (Wildman–Crippen LogP) is 4.28. The highest BCUT2D eigenvalue weighted by molar-refractivity contribution is 5.86. The first-order valence-electron chi connectivity index (χ1n) is 7.52. The van der Waals surface area contributed by atoms with Gasteiger partial charge in [-0.25, -0.2) is 4.79 Å². The van der Waals surface area contributed by atoms with E-state index in [0.29, 0.717) is 17.7 Å². The first-order chi connectivity index (χ1) is 11.1. The monoisotopic (exact) mass is 305 g/mol. The zero-order chi connectivity index (χ0) is 16.7. The van der Waals surface area contributed by atoms with Crippen LogP contribution in [0.3, 0.4) is 0 Å². The Hall–Kier alpha value is -2.86. The number of hydrogen-bond acceptors (Lipinski definition) is 3. The van der Waals surface area contributed by atoms with Gasteiger partial charge in [-0.1, -0.05) is 43.0 Å². The molecule has 0 atom stereocenters. The first-order valence-corrected chi connectivity index (χ1v) is 7.52. The molecule has 3 heteroatoms. The normalized spacial score (nSPS) is 9.91. The van der Waals surface area contributed by atoms with E-state index in [1.54, 1.807) is 6.92 Å². The maximum absolute atomic E-state index is 11.3. The van der Waals surface area contributed by atoms with Gasteiger partial charge in [0.2, 0.25) is 0 Å². The van der Waals surface area contributed by atoms with Crippen LogP contribution in [0.1, 0.15) is 24.5 Å². The molecule has 0 aliphatic carbocycles. The van der Waals surface area contributed by atoms with Crippen LogP contribution < -0.4 is 0 Å². The summed E-state index contributed by atoms with van der Waals surface area (Å²) in [5.74, 6) is -0.332. The molecule has 2 rings (SSSR count). The highest BCUT2D eigenvalue weighted by atomic mass is 16.5. The molecule has 0 bridgehead atoms. The lowest BCUT2D eigenvalue weighted by Crippen LogP contribution is -2.06. The molecule has 23 heavy (non-hydrogen) atoms. The van der Waals surface area contributed by atoms with E-state index < -0.39 is 0 Å². The van der Waals surface area contributed by atoms with Crippen LogP contribution in [-0.4, -0.2) is 12.6 Å². The van der Waals surface area contributed by atoms with Crippen molar-refractivity contribution in [1.82, 2.24) is 0 Å². The Balaban J connectivity index is 1.88. The van der Waals surface area contributed by atoms with Crippen LogP contribution in [0, 0.1) is 11.3 Å². The van der Waals surface area contributed by atoms with Crippen molar-refractivity contribution in [2.75, 3.05) is 6.61 Å². The van der Waals surface area contributed by atoms with Crippen LogP contribution >= 0.6 is 0 Å². The lowest BCUT2D eigenvalue weighted by Gasteiger charge is -2.06. The molecule has 0 N–H and O–H groups in total. The van der Waals surface area contributed by atoms with Gasteiger partial charge in [0.1, 0.15) is 0 Å². The van der Waals surface area contributed by atoms with E-state index >= 15 is 0 Å². The molecular weight excluding hydrogens is 286 g/mol. The average molecular weight is 305 g/mol. The molecule has 0 aliphatic heterocycles. The van der Waals surface area contributed by atoms with Crippen LogP contribution in [-0.2, 0) is 16.0 Å². The molecule has 0 saturated carbocycles. The van der Waals surface area contributed by atoms with Gasteiger partial charge < -0.3 is 4.74 Å². The third-order valence-electron chi connectivity index (χ3n) is 3.49. The van der Waals surface area contributed by atoms with E-state index in [9.17, 15) is 4.79 Å². The Morgan fingerprint density at radius 3 is 2.17 bits per heavy atom. The minimum Gasteiger partial charge on any atom is -0.462 e. The van der Waals surface area contributed by atoms with Gasteiger partial charge in [-0.15, -0.1) is 0 Å². The molecule has 116 valence electrons. The fourth-order valence-corrected chi connectivity index (χ4v) is 2.17. The van der Waals surface area contributed by atoms with Gasteiger partial charge in [-0.2, -0.15) is 5.26 Å². The van der Waals surface area contributed by atoms with Gasteiger partial charge in [-0.05, 0) is 48.6 Å². The number of carbonyl (C=O) groups excluding carboxylic acids is 1. The molecule has 0 unspecified atom stereocenters. The van der Waals surface area contributed by atoms with Crippen LogP contribution in [0.25, 0.3) is 11.1 Å². The number of esters is 1. The standard InChI is InChI=1S/C20H19NO2/c1-15(2)20(22)23-13-3-4-16-5-9-18(10-6-16)19-11-7-17(14-21)8-12-19/h5-12H,1,3-4,13H2,2H3. The van der Waals surface area contributed by atoms with Gasteiger partial charge >= 0.3 is 5.97 Å². The number of nitriles is 1. The van der Waals surface area contributed by atoms with Gasteiger partial charge in [0.15, 0.2) is 0 Å². The third-order valence-corrected chi connectivity index (χ3v) is 3.49. The van der Waals surface area contributed by atoms with Gasteiger partial charge in [-0.3, -0.25) is 0 Å². The number of hydrogen-bond donors (Lipinski definition) is 0. The van der Waals surface area contributed by atoms with Crippen molar-refractivity contribution in [3.8, 4) is 17.2 Å². The molecule has 0 spiro atoms. The van der Waals surface area contributed by atoms with Crippen molar-refractivity contribution >= 4 is 5.97 Å². The summed E-state index contributed by atoms with van der Waals surface area (Å²) in [7, 11) is 0. The highest BCUT2D eigenvalue weighted by Gasteiger charge is 2.03. The second kappa shape index (κ2) is 7.95. The van der Waals surface area contributed by atoms with E-state index in [1.807, 2.05) is 24.3 Å². The average Bonchev–Trinajstić information content (AvgIpc) is 2.59. The Morgan fingerprint density at radius 2 is 1.65 bits per heavy atom. The van der Waals surface area contributed by atoms with Crippen LogP contribution in [0.4, 0.5) is 0 Å². The number of nitrogens with zero attached hydrogens (tertiary/aromatic N) is 1. The Bertz CT molecular complexity index is 722. The fraction of sp³-hybridized carbons (Fsp3) is 0.200. The molecule has 0 amide bonds.